The maximum Gasteiger partial charge on any atom is 0.348 e. The minimum Gasteiger partial charge on any atom is -0.396 e. The fourth-order valence-electron chi connectivity index (χ4n) is 1.27. The molecule has 4 nitrogen and oxygen atoms in total. The summed E-state index contributed by atoms with van der Waals surface area (Å²) in [5.74, 6) is 0. The summed E-state index contributed by atoms with van der Waals surface area (Å²) in [5.41, 5.74) is 1.31. The maximum atomic E-state index is 11.5. The van der Waals surface area contributed by atoms with E-state index in [1.54, 1.807) is 11.5 Å². The first kappa shape index (κ1) is 11.4. The molecular formula is C9H13BrN2O2. The fraction of sp³-hybridized carbons (Fsp3) is 0.556. The SMILES string of the molecule is Cc1nc(=O)n(CCCO)c(C)c1Br. The van der Waals surface area contributed by atoms with Crippen LogP contribution in [-0.4, -0.2) is 21.3 Å². The second kappa shape index (κ2) is 4.70. The van der Waals surface area contributed by atoms with Crippen molar-refractivity contribution in [2.24, 2.45) is 0 Å². The van der Waals surface area contributed by atoms with E-state index in [-0.39, 0.29) is 12.3 Å². The lowest BCUT2D eigenvalue weighted by Crippen LogP contribution is -2.26. The van der Waals surface area contributed by atoms with Crippen LogP contribution in [0.5, 0.6) is 0 Å². The summed E-state index contributed by atoms with van der Waals surface area (Å²) in [6.07, 6.45) is 0.567. The molecule has 0 aliphatic carbocycles. The van der Waals surface area contributed by atoms with Crippen LogP contribution < -0.4 is 5.69 Å². The number of aliphatic hydroxyl groups excluding tert-OH is 1. The van der Waals surface area contributed by atoms with E-state index in [1.807, 2.05) is 6.92 Å². The average molecular weight is 261 g/mol. The van der Waals surface area contributed by atoms with Crippen molar-refractivity contribution in [2.75, 3.05) is 6.61 Å². The van der Waals surface area contributed by atoms with Crippen LogP contribution in [0, 0.1) is 13.8 Å². The van der Waals surface area contributed by atoms with E-state index in [2.05, 4.69) is 20.9 Å². The molecular weight excluding hydrogens is 248 g/mol. The van der Waals surface area contributed by atoms with Gasteiger partial charge in [-0.3, -0.25) is 4.57 Å². The monoisotopic (exact) mass is 260 g/mol. The standard InChI is InChI=1S/C9H13BrN2O2/c1-6-8(10)7(2)12(4-3-5-13)9(14)11-6/h13H,3-5H2,1-2H3. The molecule has 0 atom stereocenters. The molecule has 1 N–H and O–H groups in total. The van der Waals surface area contributed by atoms with Crippen LogP contribution in [-0.2, 0) is 6.54 Å². The molecule has 78 valence electrons. The Labute approximate surface area is 90.7 Å². The second-order valence-electron chi connectivity index (χ2n) is 3.11. The van der Waals surface area contributed by atoms with Crippen molar-refractivity contribution in [1.29, 1.82) is 0 Å². The molecule has 0 bridgehead atoms. The maximum absolute atomic E-state index is 11.5. The Kier molecular flexibility index (Phi) is 3.83. The van der Waals surface area contributed by atoms with E-state index >= 15 is 0 Å². The van der Waals surface area contributed by atoms with Gasteiger partial charge < -0.3 is 5.11 Å². The van der Waals surface area contributed by atoms with Gasteiger partial charge in [-0.05, 0) is 36.2 Å². The summed E-state index contributed by atoms with van der Waals surface area (Å²) in [7, 11) is 0. The Bertz CT molecular complexity index is 387. The molecule has 0 aromatic carbocycles. The van der Waals surface area contributed by atoms with Crippen LogP contribution in [0.25, 0.3) is 0 Å². The number of aromatic nitrogens is 2. The minimum atomic E-state index is -0.253. The van der Waals surface area contributed by atoms with Crippen molar-refractivity contribution in [3.63, 3.8) is 0 Å². The number of hydrogen-bond acceptors (Lipinski definition) is 3. The summed E-state index contributed by atoms with van der Waals surface area (Å²) >= 11 is 3.37. The number of nitrogens with zero attached hydrogens (tertiary/aromatic N) is 2. The lowest BCUT2D eigenvalue weighted by Gasteiger charge is -2.10. The van der Waals surface area contributed by atoms with Crippen LogP contribution in [0.2, 0.25) is 0 Å². The largest absolute Gasteiger partial charge is 0.396 e. The average Bonchev–Trinajstić information content (AvgIpc) is 2.14. The van der Waals surface area contributed by atoms with Gasteiger partial charge >= 0.3 is 5.69 Å². The van der Waals surface area contributed by atoms with Crippen LogP contribution in [0.15, 0.2) is 9.27 Å². The van der Waals surface area contributed by atoms with E-state index in [0.717, 1.165) is 10.2 Å². The van der Waals surface area contributed by atoms with Gasteiger partial charge in [0.15, 0.2) is 0 Å². The summed E-state index contributed by atoms with van der Waals surface area (Å²) in [5, 5.41) is 8.69. The van der Waals surface area contributed by atoms with Gasteiger partial charge in [0.2, 0.25) is 0 Å². The van der Waals surface area contributed by atoms with Gasteiger partial charge in [-0.15, -0.1) is 0 Å². The molecule has 0 fully saturated rings. The minimum absolute atomic E-state index is 0.0807. The molecule has 0 unspecified atom stereocenters. The Morgan fingerprint density at radius 2 is 2.14 bits per heavy atom. The molecule has 1 heterocycles. The van der Waals surface area contributed by atoms with Crippen molar-refractivity contribution < 1.29 is 5.11 Å². The fourth-order valence-corrected chi connectivity index (χ4v) is 1.57. The van der Waals surface area contributed by atoms with Gasteiger partial charge in [-0.2, -0.15) is 4.98 Å². The molecule has 1 aromatic heterocycles. The topological polar surface area (TPSA) is 55.1 Å². The molecule has 0 aliphatic rings. The van der Waals surface area contributed by atoms with E-state index < -0.39 is 0 Å². The summed E-state index contributed by atoms with van der Waals surface area (Å²) in [4.78, 5) is 15.3. The van der Waals surface area contributed by atoms with Gasteiger partial charge in [0.25, 0.3) is 0 Å². The molecule has 0 radical (unpaired) electrons. The van der Waals surface area contributed by atoms with E-state index in [1.165, 1.54) is 0 Å². The molecule has 1 rings (SSSR count). The lowest BCUT2D eigenvalue weighted by molar-refractivity contribution is 0.278. The van der Waals surface area contributed by atoms with Crippen molar-refractivity contribution in [3.8, 4) is 0 Å². The predicted octanol–water partition coefficient (Wildman–Crippen LogP) is 1.01. The molecule has 0 saturated heterocycles. The summed E-state index contributed by atoms with van der Waals surface area (Å²) < 4.78 is 2.42. The third-order valence-electron chi connectivity index (χ3n) is 2.07. The second-order valence-corrected chi connectivity index (χ2v) is 3.90. The summed E-state index contributed by atoms with van der Waals surface area (Å²) in [6.45, 7) is 4.23. The Morgan fingerprint density at radius 3 is 2.71 bits per heavy atom. The van der Waals surface area contributed by atoms with Gasteiger partial charge in [0, 0.05) is 18.8 Å². The van der Waals surface area contributed by atoms with Crippen molar-refractivity contribution >= 4 is 15.9 Å². The Balaban J connectivity index is 3.16. The zero-order valence-electron chi connectivity index (χ0n) is 8.25. The molecule has 1 aromatic rings. The predicted molar refractivity (Wildman–Crippen MR) is 57.4 cm³/mol. The number of aryl methyl sites for hydroxylation is 1. The van der Waals surface area contributed by atoms with Crippen molar-refractivity contribution in [3.05, 3.63) is 26.3 Å². The highest BCUT2D eigenvalue weighted by Gasteiger charge is 2.08. The number of aliphatic hydroxyl groups is 1. The smallest absolute Gasteiger partial charge is 0.348 e. The third kappa shape index (κ3) is 2.22. The van der Waals surface area contributed by atoms with Crippen LogP contribution in [0.1, 0.15) is 17.8 Å². The molecule has 5 heteroatoms. The Hall–Kier alpha value is -0.680. The first-order chi connectivity index (χ1) is 6.57. The zero-order chi connectivity index (χ0) is 10.7. The quantitative estimate of drug-likeness (QED) is 0.883. The van der Waals surface area contributed by atoms with E-state index in [4.69, 9.17) is 5.11 Å². The van der Waals surface area contributed by atoms with Gasteiger partial charge in [0.1, 0.15) is 0 Å². The molecule has 0 spiro atoms. The summed E-state index contributed by atoms with van der Waals surface area (Å²) in [6, 6.07) is 0. The van der Waals surface area contributed by atoms with Crippen molar-refractivity contribution in [1.82, 2.24) is 9.55 Å². The first-order valence-corrected chi connectivity index (χ1v) is 5.21. The molecule has 0 saturated carbocycles. The van der Waals surface area contributed by atoms with Crippen LogP contribution >= 0.6 is 15.9 Å². The van der Waals surface area contributed by atoms with Gasteiger partial charge in [-0.1, -0.05) is 0 Å². The number of hydrogen-bond donors (Lipinski definition) is 1. The molecule has 14 heavy (non-hydrogen) atoms. The molecule has 0 aliphatic heterocycles. The lowest BCUT2D eigenvalue weighted by atomic mass is 10.3. The number of halogens is 1. The highest BCUT2D eigenvalue weighted by atomic mass is 79.9. The normalized spacial score (nSPS) is 10.6. The first-order valence-electron chi connectivity index (χ1n) is 4.42. The highest BCUT2D eigenvalue weighted by molar-refractivity contribution is 9.10. The van der Waals surface area contributed by atoms with Gasteiger partial charge in [0.05, 0.1) is 10.2 Å². The van der Waals surface area contributed by atoms with E-state index in [9.17, 15) is 4.79 Å². The van der Waals surface area contributed by atoms with Crippen molar-refractivity contribution in [2.45, 2.75) is 26.8 Å². The van der Waals surface area contributed by atoms with Crippen LogP contribution in [0.3, 0.4) is 0 Å². The molecule has 0 amide bonds. The van der Waals surface area contributed by atoms with Crippen LogP contribution in [0.4, 0.5) is 0 Å². The van der Waals surface area contributed by atoms with E-state index in [0.29, 0.717) is 18.7 Å². The Morgan fingerprint density at radius 1 is 1.50 bits per heavy atom. The third-order valence-corrected chi connectivity index (χ3v) is 3.22. The van der Waals surface area contributed by atoms with Gasteiger partial charge in [-0.25, -0.2) is 4.79 Å². The highest BCUT2D eigenvalue weighted by Crippen LogP contribution is 2.16. The number of rotatable bonds is 3. The zero-order valence-corrected chi connectivity index (χ0v) is 9.84.